The molecule has 2 aromatic heterocycles. The van der Waals surface area contributed by atoms with Gasteiger partial charge >= 0.3 is 0 Å². The topological polar surface area (TPSA) is 38.0 Å². The molecule has 1 atom stereocenters. The summed E-state index contributed by atoms with van der Waals surface area (Å²) in [6.07, 6.45) is 2.94. The number of rotatable bonds is 4. The minimum absolute atomic E-state index is 0.468. The molecule has 5 heteroatoms. The fourth-order valence-electron chi connectivity index (χ4n) is 1.87. The molecule has 1 N–H and O–H groups in total. The molecule has 2 heterocycles. The van der Waals surface area contributed by atoms with Gasteiger partial charge in [-0.15, -0.1) is 11.3 Å². The van der Waals surface area contributed by atoms with Crippen LogP contribution in [0.1, 0.15) is 29.2 Å². The van der Waals surface area contributed by atoms with E-state index in [2.05, 4.69) is 34.0 Å². The number of aryl methyl sites for hydroxylation is 2. The molecule has 0 radical (unpaired) electrons. The third-order valence-corrected chi connectivity index (χ3v) is 4.37. The number of hydrogen-bond acceptors (Lipinski definition) is 3. The summed E-state index contributed by atoms with van der Waals surface area (Å²) >= 11 is 5.08. The van der Waals surface area contributed by atoms with Crippen molar-refractivity contribution in [2.75, 3.05) is 0 Å². The lowest BCUT2D eigenvalue weighted by Crippen LogP contribution is -2.02. The molecule has 0 amide bonds. The van der Waals surface area contributed by atoms with Crippen LogP contribution >= 0.6 is 27.3 Å². The van der Waals surface area contributed by atoms with Crippen molar-refractivity contribution in [3.63, 3.8) is 0 Å². The summed E-state index contributed by atoms with van der Waals surface area (Å²) in [4.78, 5) is 1.18. The third kappa shape index (κ3) is 2.97. The van der Waals surface area contributed by atoms with Crippen molar-refractivity contribution in [3.05, 3.63) is 38.3 Å². The third-order valence-electron chi connectivity index (χ3n) is 2.65. The van der Waals surface area contributed by atoms with Crippen LogP contribution in [0.25, 0.3) is 0 Å². The SMILES string of the molecule is CCc1nn(C)cc1C(O)Cc1cc(Br)cs1. The molecule has 0 aliphatic rings. The lowest BCUT2D eigenvalue weighted by atomic mass is 10.1. The van der Waals surface area contributed by atoms with Crippen LogP contribution in [0.4, 0.5) is 0 Å². The van der Waals surface area contributed by atoms with Crippen LogP contribution in [0.5, 0.6) is 0 Å². The summed E-state index contributed by atoms with van der Waals surface area (Å²) in [5.41, 5.74) is 1.93. The number of nitrogens with zero attached hydrogens (tertiary/aromatic N) is 2. The van der Waals surface area contributed by atoms with Crippen LogP contribution in [-0.2, 0) is 19.9 Å². The zero-order valence-electron chi connectivity index (χ0n) is 9.85. The van der Waals surface area contributed by atoms with Gasteiger partial charge in [0.05, 0.1) is 11.8 Å². The molecular weight excluding hydrogens is 300 g/mol. The highest BCUT2D eigenvalue weighted by atomic mass is 79.9. The van der Waals surface area contributed by atoms with E-state index in [9.17, 15) is 5.11 Å². The van der Waals surface area contributed by atoms with Crippen molar-refractivity contribution in [3.8, 4) is 0 Å². The molecule has 0 saturated heterocycles. The number of aromatic nitrogens is 2. The molecule has 0 spiro atoms. The average Bonchev–Trinajstić information content (AvgIpc) is 2.84. The van der Waals surface area contributed by atoms with E-state index in [1.807, 2.05) is 18.6 Å². The Morgan fingerprint density at radius 3 is 2.94 bits per heavy atom. The Balaban J connectivity index is 2.16. The summed E-state index contributed by atoms with van der Waals surface area (Å²) in [6.45, 7) is 2.06. The summed E-state index contributed by atoms with van der Waals surface area (Å²) < 4.78 is 2.84. The van der Waals surface area contributed by atoms with E-state index in [0.717, 1.165) is 22.2 Å². The first kappa shape index (κ1) is 12.8. The Kier molecular flexibility index (Phi) is 4.01. The first-order valence-electron chi connectivity index (χ1n) is 5.53. The quantitative estimate of drug-likeness (QED) is 0.941. The Hall–Kier alpha value is -0.650. The van der Waals surface area contributed by atoms with Gasteiger partial charge in [0, 0.05) is 40.0 Å². The summed E-state index contributed by atoms with van der Waals surface area (Å²) in [5, 5.41) is 16.6. The predicted octanol–water partition coefficient (Wildman–Crippen LogP) is 3.08. The molecule has 92 valence electrons. The molecule has 0 fully saturated rings. The van der Waals surface area contributed by atoms with Gasteiger partial charge in [-0.05, 0) is 28.4 Å². The zero-order valence-corrected chi connectivity index (χ0v) is 12.3. The van der Waals surface area contributed by atoms with E-state index in [1.54, 1.807) is 16.0 Å². The summed E-state index contributed by atoms with van der Waals surface area (Å²) in [7, 11) is 1.89. The van der Waals surface area contributed by atoms with Crippen LogP contribution in [0, 0.1) is 0 Å². The molecule has 0 aromatic carbocycles. The maximum Gasteiger partial charge on any atom is 0.0871 e. The molecule has 1 unspecified atom stereocenters. The van der Waals surface area contributed by atoms with Crippen molar-refractivity contribution in [1.82, 2.24) is 9.78 Å². The van der Waals surface area contributed by atoms with E-state index in [1.165, 1.54) is 4.88 Å². The highest BCUT2D eigenvalue weighted by Gasteiger charge is 2.16. The van der Waals surface area contributed by atoms with Crippen LogP contribution in [0.2, 0.25) is 0 Å². The summed E-state index contributed by atoms with van der Waals surface area (Å²) in [6, 6.07) is 2.05. The normalized spacial score (nSPS) is 12.9. The van der Waals surface area contributed by atoms with Gasteiger partial charge in [-0.1, -0.05) is 6.92 Å². The van der Waals surface area contributed by atoms with Gasteiger partial charge in [-0.2, -0.15) is 5.10 Å². The molecule has 0 saturated carbocycles. The highest BCUT2D eigenvalue weighted by molar-refractivity contribution is 9.10. The monoisotopic (exact) mass is 314 g/mol. The Labute approximate surface area is 113 Å². The van der Waals surface area contributed by atoms with E-state index in [4.69, 9.17) is 0 Å². The second-order valence-corrected chi connectivity index (χ2v) is 5.92. The highest BCUT2D eigenvalue weighted by Crippen LogP contribution is 2.26. The molecule has 0 aliphatic heterocycles. The van der Waals surface area contributed by atoms with Crippen LogP contribution in [0.3, 0.4) is 0 Å². The minimum Gasteiger partial charge on any atom is -0.388 e. The summed E-state index contributed by atoms with van der Waals surface area (Å²) in [5.74, 6) is 0. The first-order chi connectivity index (χ1) is 8.10. The average molecular weight is 315 g/mol. The second kappa shape index (κ2) is 5.33. The fraction of sp³-hybridized carbons (Fsp3) is 0.417. The van der Waals surface area contributed by atoms with Gasteiger partial charge in [0.25, 0.3) is 0 Å². The number of halogens is 1. The van der Waals surface area contributed by atoms with Crippen molar-refractivity contribution in [2.45, 2.75) is 25.9 Å². The van der Waals surface area contributed by atoms with Gasteiger partial charge in [0.1, 0.15) is 0 Å². The molecule has 0 aliphatic carbocycles. The predicted molar refractivity (Wildman–Crippen MR) is 73.3 cm³/mol. The van der Waals surface area contributed by atoms with Gasteiger partial charge in [-0.25, -0.2) is 0 Å². The lowest BCUT2D eigenvalue weighted by Gasteiger charge is -2.08. The molecule has 2 rings (SSSR count). The molecule has 2 aromatic rings. The van der Waals surface area contributed by atoms with Gasteiger partial charge in [0.2, 0.25) is 0 Å². The van der Waals surface area contributed by atoms with E-state index in [-0.39, 0.29) is 0 Å². The zero-order chi connectivity index (χ0) is 12.4. The van der Waals surface area contributed by atoms with E-state index >= 15 is 0 Å². The Bertz CT molecular complexity index is 506. The number of thiophene rings is 1. The standard InChI is InChI=1S/C12H15BrN2OS/c1-3-11-10(6-15(2)14-11)12(16)5-9-4-8(13)7-17-9/h4,6-7,12,16H,3,5H2,1-2H3. The maximum atomic E-state index is 10.2. The van der Waals surface area contributed by atoms with Crippen LogP contribution in [0.15, 0.2) is 22.1 Å². The van der Waals surface area contributed by atoms with Crippen LogP contribution in [-0.4, -0.2) is 14.9 Å². The number of aliphatic hydroxyl groups excluding tert-OH is 1. The van der Waals surface area contributed by atoms with Crippen molar-refractivity contribution >= 4 is 27.3 Å². The maximum absolute atomic E-state index is 10.2. The lowest BCUT2D eigenvalue weighted by molar-refractivity contribution is 0.178. The van der Waals surface area contributed by atoms with E-state index < -0.39 is 6.10 Å². The van der Waals surface area contributed by atoms with Gasteiger partial charge in [-0.3, -0.25) is 4.68 Å². The van der Waals surface area contributed by atoms with Crippen molar-refractivity contribution < 1.29 is 5.11 Å². The number of hydrogen-bond donors (Lipinski definition) is 1. The van der Waals surface area contributed by atoms with Crippen molar-refractivity contribution in [1.29, 1.82) is 0 Å². The van der Waals surface area contributed by atoms with Crippen LogP contribution < -0.4 is 0 Å². The molecule has 0 bridgehead atoms. The Morgan fingerprint density at radius 1 is 1.59 bits per heavy atom. The Morgan fingerprint density at radius 2 is 2.35 bits per heavy atom. The first-order valence-corrected chi connectivity index (χ1v) is 7.20. The molecular formula is C12H15BrN2OS. The van der Waals surface area contributed by atoms with Gasteiger partial charge < -0.3 is 5.11 Å². The minimum atomic E-state index is -0.468. The van der Waals surface area contributed by atoms with E-state index in [0.29, 0.717) is 6.42 Å². The number of aliphatic hydroxyl groups is 1. The fourth-order valence-corrected chi connectivity index (χ4v) is 3.36. The van der Waals surface area contributed by atoms with Crippen molar-refractivity contribution in [2.24, 2.45) is 7.05 Å². The molecule has 17 heavy (non-hydrogen) atoms. The molecule has 3 nitrogen and oxygen atoms in total. The van der Waals surface area contributed by atoms with Gasteiger partial charge in [0.15, 0.2) is 0 Å². The second-order valence-electron chi connectivity index (χ2n) is 4.01. The largest absolute Gasteiger partial charge is 0.388 e. The smallest absolute Gasteiger partial charge is 0.0871 e.